The Morgan fingerprint density at radius 1 is 0.549 bits per heavy atom. The predicted molar refractivity (Wildman–Crippen MR) is 209 cm³/mol. The van der Waals surface area contributed by atoms with Crippen LogP contribution in [-0.4, -0.2) is 15.0 Å². The summed E-state index contributed by atoms with van der Waals surface area (Å²) >= 11 is 0. The Morgan fingerprint density at radius 3 is 2.18 bits per heavy atom. The van der Waals surface area contributed by atoms with Gasteiger partial charge >= 0.3 is 0 Å². The highest BCUT2D eigenvalue weighted by molar-refractivity contribution is 6.15. The van der Waals surface area contributed by atoms with E-state index in [1.54, 1.807) is 0 Å². The zero-order valence-electron chi connectivity index (χ0n) is 27.7. The van der Waals surface area contributed by atoms with Gasteiger partial charge in [0.2, 0.25) is 0 Å². The maximum atomic E-state index is 6.45. The van der Waals surface area contributed by atoms with Crippen molar-refractivity contribution >= 4 is 38.3 Å². The molecule has 2 aliphatic rings. The maximum Gasteiger partial charge on any atom is 0.165 e. The lowest BCUT2D eigenvalue weighted by Gasteiger charge is -2.21. The first-order valence-electron chi connectivity index (χ1n) is 17.4. The molecule has 10 rings (SSSR count). The van der Waals surface area contributed by atoms with Crippen LogP contribution in [0.2, 0.25) is 0 Å². The highest BCUT2D eigenvalue weighted by Crippen LogP contribution is 2.43. The predicted octanol–water partition coefficient (Wildman–Crippen LogP) is 12.0. The Morgan fingerprint density at radius 2 is 1.27 bits per heavy atom. The van der Waals surface area contributed by atoms with Crippen LogP contribution in [0.4, 0.5) is 0 Å². The van der Waals surface area contributed by atoms with Crippen molar-refractivity contribution in [2.45, 2.75) is 6.42 Å². The van der Waals surface area contributed by atoms with E-state index in [0.29, 0.717) is 23.4 Å². The summed E-state index contributed by atoms with van der Waals surface area (Å²) < 4.78 is 6.45. The van der Waals surface area contributed by atoms with E-state index < -0.39 is 0 Å². The lowest BCUT2D eigenvalue weighted by atomic mass is 9.85. The van der Waals surface area contributed by atoms with E-state index >= 15 is 0 Å². The van der Waals surface area contributed by atoms with Crippen molar-refractivity contribution in [3.05, 3.63) is 181 Å². The molecule has 1 atom stereocenters. The third-order valence-electron chi connectivity index (χ3n) is 10.1. The minimum atomic E-state index is 0.372. The summed E-state index contributed by atoms with van der Waals surface area (Å²) in [6.07, 6.45) is 14.1. The summed E-state index contributed by atoms with van der Waals surface area (Å²) in [5, 5.41) is 4.34. The first-order valence-corrected chi connectivity index (χ1v) is 17.4. The summed E-state index contributed by atoms with van der Waals surface area (Å²) in [5.41, 5.74) is 10.2. The molecule has 2 aromatic heterocycles. The monoisotopic (exact) mass is 653 g/mol. The Hall–Kier alpha value is -6.65. The molecule has 8 aromatic rings. The molecule has 0 amide bonds. The third-order valence-corrected chi connectivity index (χ3v) is 10.1. The number of hydrogen-bond donors (Lipinski definition) is 0. The average Bonchev–Trinajstić information content (AvgIpc) is 3.59. The van der Waals surface area contributed by atoms with Gasteiger partial charge in [0.1, 0.15) is 11.2 Å². The average molecular weight is 654 g/mol. The summed E-state index contributed by atoms with van der Waals surface area (Å²) in [7, 11) is 0. The molecule has 240 valence electrons. The largest absolute Gasteiger partial charge is 0.456 e. The lowest BCUT2D eigenvalue weighted by Crippen LogP contribution is -2.08. The van der Waals surface area contributed by atoms with Gasteiger partial charge in [-0.05, 0) is 75.4 Å². The lowest BCUT2D eigenvalue weighted by molar-refractivity contribution is 0.669. The molecule has 0 bridgehead atoms. The quantitative estimate of drug-likeness (QED) is 0.185. The Bertz CT molecular complexity index is 2770. The molecular weight excluding hydrogens is 623 g/mol. The van der Waals surface area contributed by atoms with E-state index in [9.17, 15) is 0 Å². The zero-order chi connectivity index (χ0) is 33.7. The summed E-state index contributed by atoms with van der Waals surface area (Å²) in [4.78, 5) is 15.8. The molecule has 2 aliphatic carbocycles. The SMILES string of the molecule is C1=CC2=CC(c3nc(-c4ccc5ccccc5c4)nc(-c4c(-c5ccc(-c6ccccc6)cc5)ccc5oc6ccccc6c45)n3)=CCC2C=C1. The van der Waals surface area contributed by atoms with Crippen molar-refractivity contribution in [2.24, 2.45) is 5.92 Å². The fourth-order valence-electron chi connectivity index (χ4n) is 7.45. The number of allylic oxidation sites excluding steroid dienone is 8. The van der Waals surface area contributed by atoms with Crippen molar-refractivity contribution < 1.29 is 4.42 Å². The van der Waals surface area contributed by atoms with Gasteiger partial charge in [-0.3, -0.25) is 0 Å². The fourth-order valence-corrected chi connectivity index (χ4v) is 7.45. The van der Waals surface area contributed by atoms with Crippen LogP contribution in [0.3, 0.4) is 0 Å². The zero-order valence-corrected chi connectivity index (χ0v) is 27.7. The van der Waals surface area contributed by atoms with Crippen molar-refractivity contribution in [3.63, 3.8) is 0 Å². The van der Waals surface area contributed by atoms with E-state index in [2.05, 4.69) is 152 Å². The molecule has 0 saturated heterocycles. The summed E-state index contributed by atoms with van der Waals surface area (Å²) in [6.45, 7) is 0. The van der Waals surface area contributed by atoms with Crippen LogP contribution in [0.15, 0.2) is 180 Å². The standard InChI is InChI=1S/C47H31N3O/c1-2-10-30(11-3-1)33-18-22-34(23-19-33)39-26-27-42-43(40-16-8-9-17-41(40)51-42)44(39)47-49-45(37-24-20-31-12-4-6-14-35(31)28-37)48-46(50-47)38-25-21-32-13-5-7-15-36(32)29-38/h1-20,22-29,32H,21H2. The highest BCUT2D eigenvalue weighted by atomic mass is 16.3. The molecule has 0 aliphatic heterocycles. The van der Waals surface area contributed by atoms with E-state index in [0.717, 1.165) is 61.6 Å². The van der Waals surface area contributed by atoms with Crippen LogP contribution >= 0.6 is 0 Å². The molecule has 0 spiro atoms. The molecule has 0 radical (unpaired) electrons. The van der Waals surface area contributed by atoms with Crippen LogP contribution in [-0.2, 0) is 0 Å². The molecule has 0 saturated carbocycles. The topological polar surface area (TPSA) is 51.8 Å². The van der Waals surface area contributed by atoms with Gasteiger partial charge in [-0.15, -0.1) is 0 Å². The third kappa shape index (κ3) is 5.20. The maximum absolute atomic E-state index is 6.45. The van der Waals surface area contributed by atoms with Crippen LogP contribution in [0.1, 0.15) is 12.2 Å². The molecule has 0 fully saturated rings. The van der Waals surface area contributed by atoms with Gasteiger partial charge < -0.3 is 4.42 Å². The Kier molecular flexibility index (Phi) is 6.91. The second kappa shape index (κ2) is 12.0. The number of fused-ring (bicyclic) bond motifs is 5. The molecule has 4 nitrogen and oxygen atoms in total. The Balaban J connectivity index is 1.23. The number of rotatable bonds is 5. The highest BCUT2D eigenvalue weighted by Gasteiger charge is 2.24. The number of benzene rings is 6. The van der Waals surface area contributed by atoms with Crippen molar-refractivity contribution in [1.82, 2.24) is 15.0 Å². The number of nitrogens with zero attached hydrogens (tertiary/aromatic N) is 3. The van der Waals surface area contributed by atoms with Crippen molar-refractivity contribution in [2.75, 3.05) is 0 Å². The first-order chi connectivity index (χ1) is 25.2. The van der Waals surface area contributed by atoms with E-state index in [-0.39, 0.29) is 0 Å². The molecule has 6 aromatic carbocycles. The van der Waals surface area contributed by atoms with Gasteiger partial charge in [-0.2, -0.15) is 0 Å². The van der Waals surface area contributed by atoms with Crippen LogP contribution in [0.25, 0.3) is 83.3 Å². The number of para-hydroxylation sites is 1. The van der Waals surface area contributed by atoms with Crippen LogP contribution < -0.4 is 0 Å². The normalized spacial score (nSPS) is 15.3. The van der Waals surface area contributed by atoms with E-state index in [4.69, 9.17) is 19.4 Å². The second-order valence-corrected chi connectivity index (χ2v) is 13.2. The summed E-state index contributed by atoms with van der Waals surface area (Å²) in [5.74, 6) is 2.28. The summed E-state index contributed by atoms with van der Waals surface area (Å²) in [6, 6.07) is 46.5. The fraction of sp³-hybridized carbons (Fsp3) is 0.0426. The van der Waals surface area contributed by atoms with Gasteiger partial charge in [-0.1, -0.05) is 140 Å². The first kappa shape index (κ1) is 29.3. The number of hydrogen-bond acceptors (Lipinski definition) is 4. The van der Waals surface area contributed by atoms with E-state index in [1.165, 1.54) is 22.1 Å². The van der Waals surface area contributed by atoms with Gasteiger partial charge in [0.05, 0.1) is 0 Å². The smallest absolute Gasteiger partial charge is 0.165 e. The van der Waals surface area contributed by atoms with Crippen molar-refractivity contribution in [3.8, 4) is 45.0 Å². The second-order valence-electron chi connectivity index (χ2n) is 13.2. The van der Waals surface area contributed by atoms with Gasteiger partial charge in [0.15, 0.2) is 17.5 Å². The molecule has 2 heterocycles. The van der Waals surface area contributed by atoms with E-state index in [1.807, 2.05) is 18.2 Å². The van der Waals surface area contributed by atoms with Gasteiger partial charge in [-0.25, -0.2) is 15.0 Å². The molecule has 0 N–H and O–H groups in total. The molecule has 4 heteroatoms. The van der Waals surface area contributed by atoms with Gasteiger partial charge in [0.25, 0.3) is 0 Å². The van der Waals surface area contributed by atoms with Crippen molar-refractivity contribution in [1.29, 1.82) is 0 Å². The number of aromatic nitrogens is 3. The van der Waals surface area contributed by atoms with Crippen LogP contribution in [0, 0.1) is 5.92 Å². The van der Waals surface area contributed by atoms with Crippen LogP contribution in [0.5, 0.6) is 0 Å². The Labute approximate surface area is 295 Å². The minimum Gasteiger partial charge on any atom is -0.456 e. The molecule has 1 unspecified atom stereocenters. The minimum absolute atomic E-state index is 0.372. The molecule has 51 heavy (non-hydrogen) atoms. The number of furan rings is 1. The molecular formula is C47H31N3O. The van der Waals surface area contributed by atoms with Gasteiger partial charge in [0, 0.05) is 33.4 Å².